The van der Waals surface area contributed by atoms with Crippen LogP contribution in [0.15, 0.2) is 65.3 Å². The molecule has 5 nitrogen and oxygen atoms in total. The first-order valence-corrected chi connectivity index (χ1v) is 10.5. The van der Waals surface area contributed by atoms with Gasteiger partial charge in [0.05, 0.1) is 23.9 Å². The van der Waals surface area contributed by atoms with Crippen molar-refractivity contribution in [1.82, 2.24) is 0 Å². The molecular weight excluding hydrogens is 433 g/mol. The molecule has 1 fully saturated rings. The van der Waals surface area contributed by atoms with E-state index in [1.54, 1.807) is 6.07 Å². The van der Waals surface area contributed by atoms with E-state index in [1.807, 2.05) is 30.3 Å². The summed E-state index contributed by atoms with van der Waals surface area (Å²) in [6, 6.07) is 14.7. The third kappa shape index (κ3) is 4.28. The van der Waals surface area contributed by atoms with Crippen molar-refractivity contribution in [3.05, 3.63) is 72.0 Å². The largest absolute Gasteiger partial charge is 0.464 e. The second-order valence-corrected chi connectivity index (χ2v) is 8.17. The first-order valence-electron chi connectivity index (χ1n) is 10.5. The zero-order valence-corrected chi connectivity index (χ0v) is 17.3. The molecule has 1 heterocycles. The van der Waals surface area contributed by atoms with Gasteiger partial charge in [-0.3, -0.25) is 9.59 Å². The molecule has 1 aliphatic rings. The highest BCUT2D eigenvalue weighted by Crippen LogP contribution is 2.38. The van der Waals surface area contributed by atoms with Crippen LogP contribution >= 0.6 is 0 Å². The smallest absolute Gasteiger partial charge is 0.418 e. The molecule has 0 bridgehead atoms. The number of carbonyl (C=O) groups is 2. The van der Waals surface area contributed by atoms with Crippen LogP contribution in [0.1, 0.15) is 24.0 Å². The molecule has 0 saturated heterocycles. The summed E-state index contributed by atoms with van der Waals surface area (Å²) in [5.41, 5.74) is -0.157. The fourth-order valence-corrected chi connectivity index (χ4v) is 3.93. The van der Waals surface area contributed by atoms with E-state index in [2.05, 4.69) is 10.6 Å². The predicted molar refractivity (Wildman–Crippen MR) is 119 cm³/mol. The molecule has 0 aliphatic heterocycles. The summed E-state index contributed by atoms with van der Waals surface area (Å²) in [5, 5.41) is 7.51. The van der Waals surface area contributed by atoms with E-state index in [9.17, 15) is 22.8 Å². The Balaban J connectivity index is 1.40. The van der Waals surface area contributed by atoms with Crippen molar-refractivity contribution in [2.45, 2.75) is 25.4 Å². The molecule has 33 heavy (non-hydrogen) atoms. The van der Waals surface area contributed by atoms with Crippen LogP contribution in [0, 0.1) is 5.92 Å². The van der Waals surface area contributed by atoms with Gasteiger partial charge < -0.3 is 15.1 Å². The van der Waals surface area contributed by atoms with Crippen molar-refractivity contribution in [3.8, 4) is 0 Å². The van der Waals surface area contributed by atoms with Gasteiger partial charge in [-0.2, -0.15) is 13.2 Å². The van der Waals surface area contributed by atoms with Crippen LogP contribution in [0.4, 0.5) is 24.5 Å². The first-order chi connectivity index (χ1) is 15.8. The molecule has 4 aromatic rings. The Bertz CT molecular complexity index is 1390. The number of fused-ring (bicyclic) bond motifs is 3. The van der Waals surface area contributed by atoms with E-state index < -0.39 is 17.6 Å². The zero-order valence-electron chi connectivity index (χ0n) is 17.3. The average Bonchev–Trinajstić information content (AvgIpc) is 3.55. The highest BCUT2D eigenvalue weighted by atomic mass is 19.4. The maximum absolute atomic E-state index is 13.7. The molecule has 0 radical (unpaired) electrons. The number of nitrogens with one attached hydrogen (secondary N) is 2. The molecule has 2 N–H and O–H groups in total. The van der Waals surface area contributed by atoms with Crippen LogP contribution in [0.5, 0.6) is 0 Å². The Morgan fingerprint density at radius 1 is 1.00 bits per heavy atom. The molecular formula is C25H19F3N2O3. The van der Waals surface area contributed by atoms with E-state index in [1.165, 1.54) is 12.3 Å². The number of furan rings is 1. The molecule has 168 valence electrons. The van der Waals surface area contributed by atoms with E-state index in [-0.39, 0.29) is 29.6 Å². The van der Waals surface area contributed by atoms with E-state index >= 15 is 0 Å². The van der Waals surface area contributed by atoms with Crippen molar-refractivity contribution < 1.29 is 27.2 Å². The van der Waals surface area contributed by atoms with Crippen molar-refractivity contribution in [3.63, 3.8) is 0 Å². The van der Waals surface area contributed by atoms with Gasteiger partial charge in [0, 0.05) is 22.6 Å². The number of hydrogen-bond acceptors (Lipinski definition) is 3. The standard InChI is InChI=1S/C25H19F3N2O3/c26-25(27,28)19-12-17(29-24(32)15-5-6-15)8-9-20(19)30-22(31)11-16-13-33-21-10-7-14-3-1-2-4-18(14)23(16)21/h1-4,7-10,12-13,15H,5-6,11H2,(H,29,32)(H,30,31). The van der Waals surface area contributed by atoms with Gasteiger partial charge in [-0.25, -0.2) is 0 Å². The Kier molecular flexibility index (Phi) is 5.08. The maximum Gasteiger partial charge on any atom is 0.418 e. The molecule has 0 unspecified atom stereocenters. The summed E-state index contributed by atoms with van der Waals surface area (Å²) in [6.07, 6.45) is -1.92. The number of amides is 2. The number of halogens is 3. The Morgan fingerprint density at radius 2 is 1.79 bits per heavy atom. The van der Waals surface area contributed by atoms with E-state index in [0.29, 0.717) is 11.1 Å². The molecule has 3 aromatic carbocycles. The van der Waals surface area contributed by atoms with Crippen LogP contribution in [-0.2, 0) is 22.2 Å². The molecule has 5 rings (SSSR count). The summed E-state index contributed by atoms with van der Waals surface area (Å²) in [4.78, 5) is 24.6. The lowest BCUT2D eigenvalue weighted by molar-refractivity contribution is -0.137. The highest BCUT2D eigenvalue weighted by molar-refractivity contribution is 6.09. The minimum absolute atomic E-state index is 0.0459. The lowest BCUT2D eigenvalue weighted by Gasteiger charge is -2.16. The van der Waals surface area contributed by atoms with Gasteiger partial charge in [-0.1, -0.05) is 30.3 Å². The highest BCUT2D eigenvalue weighted by Gasteiger charge is 2.35. The second-order valence-electron chi connectivity index (χ2n) is 8.17. The lowest BCUT2D eigenvalue weighted by atomic mass is 10.0. The Labute approximate surface area is 186 Å². The second kappa shape index (κ2) is 7.95. The van der Waals surface area contributed by atoms with Crippen molar-refractivity contribution in [1.29, 1.82) is 0 Å². The maximum atomic E-state index is 13.7. The predicted octanol–water partition coefficient (Wildman–Crippen LogP) is 6.13. The first kappa shape index (κ1) is 21.1. The lowest BCUT2D eigenvalue weighted by Crippen LogP contribution is -2.19. The minimum atomic E-state index is -4.71. The molecule has 1 saturated carbocycles. The molecule has 0 spiro atoms. The molecule has 0 atom stereocenters. The van der Waals surface area contributed by atoms with Gasteiger partial charge in [-0.15, -0.1) is 0 Å². The monoisotopic (exact) mass is 452 g/mol. The van der Waals surface area contributed by atoms with Crippen LogP contribution in [0.2, 0.25) is 0 Å². The topological polar surface area (TPSA) is 71.3 Å². The summed E-state index contributed by atoms with van der Waals surface area (Å²) < 4.78 is 46.6. The third-order valence-corrected chi connectivity index (χ3v) is 5.71. The SMILES string of the molecule is O=C(Cc1coc2ccc3ccccc3c12)Nc1ccc(NC(=O)C2CC2)cc1C(F)(F)F. The van der Waals surface area contributed by atoms with Gasteiger partial charge in [0.1, 0.15) is 5.58 Å². The summed E-state index contributed by atoms with van der Waals surface area (Å²) in [7, 11) is 0. The molecule has 1 aliphatic carbocycles. The van der Waals surface area contributed by atoms with Crippen molar-refractivity contribution in [2.75, 3.05) is 10.6 Å². The van der Waals surface area contributed by atoms with Gasteiger partial charge in [0.25, 0.3) is 0 Å². The van der Waals surface area contributed by atoms with Crippen molar-refractivity contribution in [2.24, 2.45) is 5.92 Å². The van der Waals surface area contributed by atoms with Crippen LogP contribution in [0.3, 0.4) is 0 Å². The fourth-order valence-electron chi connectivity index (χ4n) is 3.93. The number of benzene rings is 3. The zero-order chi connectivity index (χ0) is 23.2. The van der Waals surface area contributed by atoms with Crippen molar-refractivity contribution >= 4 is 44.9 Å². The normalized spacial score (nSPS) is 13.9. The average molecular weight is 452 g/mol. The number of alkyl halides is 3. The van der Waals surface area contributed by atoms with Crippen LogP contribution < -0.4 is 10.6 Å². The third-order valence-electron chi connectivity index (χ3n) is 5.71. The number of rotatable bonds is 5. The van der Waals surface area contributed by atoms with Gasteiger partial charge in [0.2, 0.25) is 11.8 Å². The summed E-state index contributed by atoms with van der Waals surface area (Å²) >= 11 is 0. The number of carbonyl (C=O) groups excluding carboxylic acids is 2. The minimum Gasteiger partial charge on any atom is -0.464 e. The van der Waals surface area contributed by atoms with Crippen LogP contribution in [0.25, 0.3) is 21.7 Å². The summed E-state index contributed by atoms with van der Waals surface area (Å²) in [5.74, 6) is -1.04. The molecule has 8 heteroatoms. The van der Waals surface area contributed by atoms with E-state index in [0.717, 1.165) is 41.1 Å². The number of anilines is 2. The summed E-state index contributed by atoms with van der Waals surface area (Å²) in [6.45, 7) is 0. The molecule has 2 amide bonds. The van der Waals surface area contributed by atoms with Crippen LogP contribution in [-0.4, -0.2) is 11.8 Å². The number of hydrogen-bond donors (Lipinski definition) is 2. The van der Waals surface area contributed by atoms with Gasteiger partial charge in [-0.05, 0) is 47.9 Å². The van der Waals surface area contributed by atoms with Gasteiger partial charge in [0.15, 0.2) is 0 Å². The van der Waals surface area contributed by atoms with Gasteiger partial charge >= 0.3 is 6.18 Å². The van der Waals surface area contributed by atoms with E-state index in [4.69, 9.17) is 4.42 Å². The fraction of sp³-hybridized carbons (Fsp3) is 0.200. The quantitative estimate of drug-likeness (QED) is 0.382. The Morgan fingerprint density at radius 3 is 2.55 bits per heavy atom. The Hall–Kier alpha value is -3.81. The molecule has 1 aromatic heterocycles.